The van der Waals surface area contributed by atoms with Crippen molar-refractivity contribution < 1.29 is 0 Å². The van der Waals surface area contributed by atoms with E-state index in [0.717, 1.165) is 10.0 Å². The molecule has 0 amide bonds. The summed E-state index contributed by atoms with van der Waals surface area (Å²) in [4.78, 5) is 5.65. The molecule has 84 valence electrons. The number of nitrogens with two attached hydrogens (primary N) is 1. The Morgan fingerprint density at radius 1 is 1.38 bits per heavy atom. The average Bonchev–Trinajstić information content (AvgIpc) is 2.64. The Balaban J connectivity index is 2.27. The number of aryl methyl sites for hydroxylation is 1. The minimum atomic E-state index is 0.0600. The zero-order valence-corrected chi connectivity index (χ0v) is 10.9. The highest BCUT2D eigenvalue weighted by Crippen LogP contribution is 2.34. The summed E-state index contributed by atoms with van der Waals surface area (Å²) >= 11 is 3.37. The smallest absolute Gasteiger partial charge is 0.154 e. The van der Waals surface area contributed by atoms with E-state index in [-0.39, 0.29) is 6.04 Å². The highest BCUT2D eigenvalue weighted by molar-refractivity contribution is 8.01. The molecule has 1 heterocycles. The van der Waals surface area contributed by atoms with Crippen molar-refractivity contribution in [2.45, 2.75) is 29.1 Å². The van der Waals surface area contributed by atoms with Crippen molar-refractivity contribution in [3.63, 3.8) is 0 Å². The molecule has 2 nitrogen and oxygen atoms in total. The van der Waals surface area contributed by atoms with Crippen LogP contribution >= 0.6 is 23.1 Å². The molecule has 0 bridgehead atoms. The van der Waals surface area contributed by atoms with Gasteiger partial charge in [-0.3, -0.25) is 0 Å². The van der Waals surface area contributed by atoms with Crippen LogP contribution in [0.5, 0.6) is 0 Å². The van der Waals surface area contributed by atoms with Crippen LogP contribution in [0.4, 0.5) is 0 Å². The molecule has 0 radical (unpaired) electrons. The molecule has 0 spiro atoms. The summed E-state index contributed by atoms with van der Waals surface area (Å²) in [7, 11) is 0. The van der Waals surface area contributed by atoms with Crippen LogP contribution < -0.4 is 5.73 Å². The van der Waals surface area contributed by atoms with Gasteiger partial charge < -0.3 is 5.73 Å². The molecule has 1 aromatic carbocycles. The van der Waals surface area contributed by atoms with Crippen molar-refractivity contribution in [3.05, 3.63) is 40.9 Å². The lowest BCUT2D eigenvalue weighted by atomic mass is 10.1. The number of benzene rings is 1. The van der Waals surface area contributed by atoms with Crippen LogP contribution in [0.2, 0.25) is 0 Å². The van der Waals surface area contributed by atoms with Crippen molar-refractivity contribution in [2.24, 2.45) is 5.73 Å². The summed E-state index contributed by atoms with van der Waals surface area (Å²) in [5.74, 6) is 0. The first-order chi connectivity index (χ1) is 7.66. The standard InChI is InChI=1S/C12H14N2S2/c1-8-7-15-12(14-8)16-11-6-4-3-5-10(11)9(2)13/h3-7,9H,13H2,1-2H3. The molecule has 1 aromatic heterocycles. The zero-order valence-electron chi connectivity index (χ0n) is 9.31. The molecule has 0 fully saturated rings. The van der Waals surface area contributed by atoms with Gasteiger partial charge in [0.15, 0.2) is 4.34 Å². The molecule has 0 saturated heterocycles. The molecule has 0 saturated carbocycles. The Labute approximate surface area is 104 Å². The fourth-order valence-electron chi connectivity index (χ4n) is 1.42. The van der Waals surface area contributed by atoms with E-state index in [1.807, 2.05) is 26.0 Å². The molecule has 1 unspecified atom stereocenters. The van der Waals surface area contributed by atoms with E-state index in [4.69, 9.17) is 5.73 Å². The molecule has 0 aliphatic heterocycles. The summed E-state index contributed by atoms with van der Waals surface area (Å²) in [6, 6.07) is 8.29. The quantitative estimate of drug-likeness (QED) is 0.904. The van der Waals surface area contributed by atoms with Crippen LogP contribution in [0.15, 0.2) is 38.9 Å². The van der Waals surface area contributed by atoms with Gasteiger partial charge in [-0.2, -0.15) is 0 Å². The van der Waals surface area contributed by atoms with E-state index < -0.39 is 0 Å². The Morgan fingerprint density at radius 3 is 2.75 bits per heavy atom. The second-order valence-corrected chi connectivity index (χ2v) is 5.83. The highest BCUT2D eigenvalue weighted by Gasteiger charge is 2.09. The van der Waals surface area contributed by atoms with Crippen LogP contribution in [0.25, 0.3) is 0 Å². The third-order valence-electron chi connectivity index (χ3n) is 2.20. The van der Waals surface area contributed by atoms with Crippen LogP contribution in [-0.4, -0.2) is 4.98 Å². The van der Waals surface area contributed by atoms with E-state index in [1.54, 1.807) is 23.1 Å². The first-order valence-corrected chi connectivity index (χ1v) is 6.81. The number of thiazole rings is 1. The Kier molecular flexibility index (Phi) is 3.63. The van der Waals surface area contributed by atoms with Gasteiger partial charge in [0.25, 0.3) is 0 Å². The second kappa shape index (κ2) is 4.99. The number of hydrogen-bond donors (Lipinski definition) is 1. The molecule has 2 aromatic rings. The van der Waals surface area contributed by atoms with Crippen molar-refractivity contribution in [1.82, 2.24) is 4.98 Å². The van der Waals surface area contributed by atoms with Gasteiger partial charge in [0, 0.05) is 22.0 Å². The zero-order chi connectivity index (χ0) is 11.5. The molecule has 1 atom stereocenters. The van der Waals surface area contributed by atoms with Crippen LogP contribution in [0.3, 0.4) is 0 Å². The molecule has 2 rings (SSSR count). The van der Waals surface area contributed by atoms with Crippen LogP contribution in [0, 0.1) is 6.92 Å². The lowest BCUT2D eigenvalue weighted by Gasteiger charge is -2.10. The fourth-order valence-corrected chi connectivity index (χ4v) is 3.45. The molecular formula is C12H14N2S2. The van der Waals surface area contributed by atoms with E-state index in [1.165, 1.54) is 10.5 Å². The minimum absolute atomic E-state index is 0.0600. The fraction of sp³-hybridized carbons (Fsp3) is 0.250. The third kappa shape index (κ3) is 2.64. The number of nitrogens with zero attached hydrogens (tertiary/aromatic N) is 1. The maximum atomic E-state index is 5.94. The van der Waals surface area contributed by atoms with Crippen LogP contribution in [-0.2, 0) is 0 Å². The van der Waals surface area contributed by atoms with Gasteiger partial charge in [-0.1, -0.05) is 30.0 Å². The lowest BCUT2D eigenvalue weighted by Crippen LogP contribution is -2.05. The van der Waals surface area contributed by atoms with Gasteiger partial charge in [-0.05, 0) is 25.5 Å². The minimum Gasteiger partial charge on any atom is -0.324 e. The highest BCUT2D eigenvalue weighted by atomic mass is 32.2. The van der Waals surface area contributed by atoms with Gasteiger partial charge in [0.05, 0.1) is 0 Å². The Bertz CT molecular complexity index is 477. The lowest BCUT2D eigenvalue weighted by molar-refractivity contribution is 0.797. The first-order valence-electron chi connectivity index (χ1n) is 5.11. The molecule has 0 aliphatic carbocycles. The van der Waals surface area contributed by atoms with E-state index in [0.29, 0.717) is 0 Å². The molecule has 0 aliphatic rings. The summed E-state index contributed by atoms with van der Waals surface area (Å²) < 4.78 is 1.07. The monoisotopic (exact) mass is 250 g/mol. The van der Waals surface area contributed by atoms with Crippen LogP contribution in [0.1, 0.15) is 24.2 Å². The predicted octanol–water partition coefficient (Wildman–Crippen LogP) is 3.62. The van der Waals surface area contributed by atoms with Crippen molar-refractivity contribution in [1.29, 1.82) is 0 Å². The third-order valence-corrected chi connectivity index (χ3v) is 4.35. The molecule has 16 heavy (non-hydrogen) atoms. The SMILES string of the molecule is Cc1csc(Sc2ccccc2C(C)N)n1. The normalized spacial score (nSPS) is 12.7. The number of hydrogen-bond acceptors (Lipinski definition) is 4. The largest absolute Gasteiger partial charge is 0.324 e. The van der Waals surface area contributed by atoms with E-state index in [2.05, 4.69) is 22.5 Å². The predicted molar refractivity (Wildman–Crippen MR) is 70.0 cm³/mol. The van der Waals surface area contributed by atoms with E-state index in [9.17, 15) is 0 Å². The van der Waals surface area contributed by atoms with Gasteiger partial charge in [-0.25, -0.2) is 4.98 Å². The maximum absolute atomic E-state index is 5.94. The Hall–Kier alpha value is -0.840. The first kappa shape index (κ1) is 11.6. The number of rotatable bonds is 3. The van der Waals surface area contributed by atoms with Crippen molar-refractivity contribution >= 4 is 23.1 Å². The van der Waals surface area contributed by atoms with Crippen molar-refractivity contribution in [3.8, 4) is 0 Å². The van der Waals surface area contributed by atoms with Crippen molar-refractivity contribution in [2.75, 3.05) is 0 Å². The molecule has 2 N–H and O–H groups in total. The molecule has 4 heteroatoms. The Morgan fingerprint density at radius 2 is 2.12 bits per heavy atom. The van der Waals surface area contributed by atoms with Gasteiger partial charge >= 0.3 is 0 Å². The summed E-state index contributed by atoms with van der Waals surface area (Å²) in [6.07, 6.45) is 0. The van der Waals surface area contributed by atoms with Gasteiger partial charge in [0.1, 0.15) is 0 Å². The molecular weight excluding hydrogens is 236 g/mol. The van der Waals surface area contributed by atoms with Gasteiger partial charge in [-0.15, -0.1) is 11.3 Å². The number of aromatic nitrogens is 1. The van der Waals surface area contributed by atoms with Gasteiger partial charge in [0.2, 0.25) is 0 Å². The summed E-state index contributed by atoms with van der Waals surface area (Å²) in [6.45, 7) is 4.02. The topological polar surface area (TPSA) is 38.9 Å². The maximum Gasteiger partial charge on any atom is 0.154 e. The summed E-state index contributed by atoms with van der Waals surface area (Å²) in [5, 5.41) is 2.07. The second-order valence-electron chi connectivity index (χ2n) is 3.68. The average molecular weight is 250 g/mol. The summed E-state index contributed by atoms with van der Waals surface area (Å²) in [5.41, 5.74) is 8.20. The van der Waals surface area contributed by atoms with E-state index >= 15 is 0 Å².